The standard InChI is InChI=1S/C9H13N3.ClH/c1-2-5-11-8(3-1)9-4-6-10-7-12-9;/h4,6-8,11H,1-3,5H2;1H/t8-;/m1./s1. The molecule has 1 aromatic heterocycles. The van der Waals surface area contributed by atoms with Crippen LogP contribution in [-0.2, 0) is 0 Å². The van der Waals surface area contributed by atoms with Crippen LogP contribution >= 0.6 is 12.4 Å². The Morgan fingerprint density at radius 2 is 2.31 bits per heavy atom. The molecule has 3 nitrogen and oxygen atoms in total. The molecule has 72 valence electrons. The van der Waals surface area contributed by atoms with Crippen molar-refractivity contribution in [3.8, 4) is 0 Å². The molecule has 1 aliphatic heterocycles. The van der Waals surface area contributed by atoms with Crippen molar-refractivity contribution >= 4 is 12.4 Å². The van der Waals surface area contributed by atoms with Crippen molar-refractivity contribution in [1.82, 2.24) is 15.3 Å². The Balaban J connectivity index is 0.000000845. The van der Waals surface area contributed by atoms with Crippen molar-refractivity contribution < 1.29 is 0 Å². The lowest BCUT2D eigenvalue weighted by Gasteiger charge is -2.22. The first-order valence-corrected chi connectivity index (χ1v) is 4.46. The van der Waals surface area contributed by atoms with Gasteiger partial charge in [0.2, 0.25) is 0 Å². The molecule has 0 amide bonds. The van der Waals surface area contributed by atoms with Gasteiger partial charge in [0.05, 0.1) is 5.69 Å². The highest BCUT2D eigenvalue weighted by atomic mass is 35.5. The maximum Gasteiger partial charge on any atom is 0.115 e. The highest BCUT2D eigenvalue weighted by Gasteiger charge is 2.14. The van der Waals surface area contributed by atoms with Crippen LogP contribution in [-0.4, -0.2) is 16.5 Å². The second kappa shape index (κ2) is 5.14. The summed E-state index contributed by atoms with van der Waals surface area (Å²) in [6.07, 6.45) is 7.23. The fraction of sp³-hybridized carbons (Fsp3) is 0.556. The molecule has 0 saturated carbocycles. The van der Waals surface area contributed by atoms with E-state index >= 15 is 0 Å². The fourth-order valence-electron chi connectivity index (χ4n) is 1.61. The maximum absolute atomic E-state index is 4.23. The molecule has 1 N–H and O–H groups in total. The minimum Gasteiger partial charge on any atom is -0.309 e. The molecule has 2 rings (SSSR count). The van der Waals surface area contributed by atoms with E-state index in [-0.39, 0.29) is 12.4 Å². The smallest absolute Gasteiger partial charge is 0.115 e. The number of piperidine rings is 1. The van der Waals surface area contributed by atoms with Gasteiger partial charge < -0.3 is 5.32 Å². The fourth-order valence-corrected chi connectivity index (χ4v) is 1.61. The monoisotopic (exact) mass is 199 g/mol. The summed E-state index contributed by atoms with van der Waals surface area (Å²) in [6.45, 7) is 1.12. The average molecular weight is 200 g/mol. The van der Waals surface area contributed by atoms with E-state index in [9.17, 15) is 0 Å². The largest absolute Gasteiger partial charge is 0.309 e. The quantitative estimate of drug-likeness (QED) is 0.749. The minimum absolute atomic E-state index is 0. The SMILES string of the molecule is Cl.c1cc([C@H]2CCCCN2)ncn1. The molecule has 0 spiro atoms. The molecule has 4 heteroatoms. The zero-order valence-electron chi connectivity index (χ0n) is 7.44. The van der Waals surface area contributed by atoms with Crippen molar-refractivity contribution in [2.75, 3.05) is 6.54 Å². The van der Waals surface area contributed by atoms with Gasteiger partial charge in [-0.2, -0.15) is 0 Å². The second-order valence-corrected chi connectivity index (χ2v) is 3.14. The van der Waals surface area contributed by atoms with E-state index in [0.29, 0.717) is 6.04 Å². The Labute approximate surface area is 84.4 Å². The lowest BCUT2D eigenvalue weighted by Crippen LogP contribution is -2.27. The summed E-state index contributed by atoms with van der Waals surface area (Å²) in [5.74, 6) is 0. The Morgan fingerprint density at radius 3 is 2.92 bits per heavy atom. The van der Waals surface area contributed by atoms with E-state index < -0.39 is 0 Å². The number of aromatic nitrogens is 2. The molecule has 1 fully saturated rings. The first kappa shape index (κ1) is 10.4. The van der Waals surface area contributed by atoms with Gasteiger partial charge >= 0.3 is 0 Å². The predicted octanol–water partition coefficient (Wildman–Crippen LogP) is 1.71. The minimum atomic E-state index is 0. The van der Waals surface area contributed by atoms with Crippen LogP contribution in [0.1, 0.15) is 31.0 Å². The number of hydrogen-bond acceptors (Lipinski definition) is 3. The molecular formula is C9H14ClN3. The summed E-state index contributed by atoms with van der Waals surface area (Å²) in [7, 11) is 0. The van der Waals surface area contributed by atoms with Crippen LogP contribution in [0.2, 0.25) is 0 Å². The number of halogens is 1. The number of nitrogens with zero attached hydrogens (tertiary/aromatic N) is 2. The normalized spacial score (nSPS) is 22.0. The van der Waals surface area contributed by atoms with Gasteiger partial charge in [-0.15, -0.1) is 12.4 Å². The molecule has 0 radical (unpaired) electrons. The van der Waals surface area contributed by atoms with Crippen LogP contribution in [0.3, 0.4) is 0 Å². The molecule has 1 aromatic rings. The summed E-state index contributed by atoms with van der Waals surface area (Å²) in [4.78, 5) is 8.13. The van der Waals surface area contributed by atoms with Gasteiger partial charge in [0.15, 0.2) is 0 Å². The number of nitrogens with one attached hydrogen (secondary N) is 1. The summed E-state index contributed by atoms with van der Waals surface area (Å²) in [6, 6.07) is 2.45. The van der Waals surface area contributed by atoms with E-state index in [0.717, 1.165) is 12.2 Å². The Kier molecular flexibility index (Phi) is 4.12. The molecule has 0 unspecified atom stereocenters. The summed E-state index contributed by atoms with van der Waals surface area (Å²) in [5, 5.41) is 3.45. The predicted molar refractivity (Wildman–Crippen MR) is 53.9 cm³/mol. The number of hydrogen-bond donors (Lipinski definition) is 1. The zero-order chi connectivity index (χ0) is 8.23. The molecule has 0 aromatic carbocycles. The molecule has 13 heavy (non-hydrogen) atoms. The lowest BCUT2D eigenvalue weighted by molar-refractivity contribution is 0.405. The number of rotatable bonds is 1. The third kappa shape index (κ3) is 2.64. The van der Waals surface area contributed by atoms with Crippen LogP contribution in [0.15, 0.2) is 18.6 Å². The van der Waals surface area contributed by atoms with E-state index in [1.54, 1.807) is 12.5 Å². The van der Waals surface area contributed by atoms with Crippen molar-refractivity contribution in [3.63, 3.8) is 0 Å². The van der Waals surface area contributed by atoms with Gasteiger partial charge in [0, 0.05) is 12.2 Å². The highest BCUT2D eigenvalue weighted by Crippen LogP contribution is 2.19. The average Bonchev–Trinajstić information content (AvgIpc) is 2.21. The maximum atomic E-state index is 4.23. The van der Waals surface area contributed by atoms with Crippen LogP contribution in [0.25, 0.3) is 0 Å². The van der Waals surface area contributed by atoms with Crippen LogP contribution in [0.4, 0.5) is 0 Å². The van der Waals surface area contributed by atoms with Crippen LogP contribution in [0, 0.1) is 0 Å². The van der Waals surface area contributed by atoms with Crippen molar-refractivity contribution in [1.29, 1.82) is 0 Å². The van der Waals surface area contributed by atoms with Gasteiger partial charge in [-0.1, -0.05) is 6.42 Å². The van der Waals surface area contributed by atoms with Gasteiger partial charge in [-0.25, -0.2) is 9.97 Å². The first-order valence-electron chi connectivity index (χ1n) is 4.46. The summed E-state index contributed by atoms with van der Waals surface area (Å²) < 4.78 is 0. The molecule has 1 aliphatic rings. The third-order valence-electron chi connectivity index (χ3n) is 2.27. The van der Waals surface area contributed by atoms with Gasteiger partial charge in [-0.3, -0.25) is 0 Å². The van der Waals surface area contributed by atoms with Crippen LogP contribution < -0.4 is 5.32 Å². The van der Waals surface area contributed by atoms with Gasteiger partial charge in [0.1, 0.15) is 6.33 Å². The summed E-state index contributed by atoms with van der Waals surface area (Å²) >= 11 is 0. The van der Waals surface area contributed by atoms with E-state index in [4.69, 9.17) is 0 Å². The van der Waals surface area contributed by atoms with Crippen molar-refractivity contribution in [3.05, 3.63) is 24.3 Å². The Hall–Kier alpha value is -0.670. The Bertz CT molecular complexity index is 234. The van der Waals surface area contributed by atoms with Crippen LogP contribution in [0.5, 0.6) is 0 Å². The molecular weight excluding hydrogens is 186 g/mol. The molecule has 1 atom stereocenters. The molecule has 2 heterocycles. The second-order valence-electron chi connectivity index (χ2n) is 3.14. The first-order chi connectivity index (χ1) is 5.97. The Morgan fingerprint density at radius 1 is 1.38 bits per heavy atom. The highest BCUT2D eigenvalue weighted by molar-refractivity contribution is 5.85. The van der Waals surface area contributed by atoms with E-state index in [2.05, 4.69) is 15.3 Å². The van der Waals surface area contributed by atoms with Crippen molar-refractivity contribution in [2.45, 2.75) is 25.3 Å². The molecule has 0 aliphatic carbocycles. The topological polar surface area (TPSA) is 37.8 Å². The molecule has 0 bridgehead atoms. The van der Waals surface area contributed by atoms with Crippen molar-refractivity contribution in [2.24, 2.45) is 0 Å². The van der Waals surface area contributed by atoms with Gasteiger partial charge in [-0.05, 0) is 25.5 Å². The molecule has 1 saturated heterocycles. The van der Waals surface area contributed by atoms with E-state index in [1.807, 2.05) is 6.07 Å². The third-order valence-corrected chi connectivity index (χ3v) is 2.27. The van der Waals surface area contributed by atoms with E-state index in [1.165, 1.54) is 19.3 Å². The summed E-state index contributed by atoms with van der Waals surface area (Å²) in [5.41, 5.74) is 1.13. The lowest BCUT2D eigenvalue weighted by atomic mass is 10.0. The van der Waals surface area contributed by atoms with Gasteiger partial charge in [0.25, 0.3) is 0 Å². The zero-order valence-corrected chi connectivity index (χ0v) is 8.26.